The van der Waals surface area contributed by atoms with Gasteiger partial charge in [-0.15, -0.1) is 0 Å². The molecule has 0 radical (unpaired) electrons. The molecule has 0 aliphatic heterocycles. The van der Waals surface area contributed by atoms with Crippen molar-refractivity contribution >= 4 is 33.7 Å². The summed E-state index contributed by atoms with van der Waals surface area (Å²) in [5.41, 5.74) is 4.18. The average Bonchev–Trinajstić information content (AvgIpc) is 3.13. The van der Waals surface area contributed by atoms with E-state index >= 15 is 0 Å². The predicted octanol–water partition coefficient (Wildman–Crippen LogP) is 3.80. The number of anilines is 1. The van der Waals surface area contributed by atoms with Crippen LogP contribution in [-0.4, -0.2) is 74.6 Å². The number of carbonyl (C=O) groups excluding carboxylic acids is 2. The molecule has 0 aromatic heterocycles. The van der Waals surface area contributed by atoms with Crippen LogP contribution in [0.25, 0.3) is 0 Å². The van der Waals surface area contributed by atoms with E-state index in [-0.39, 0.29) is 34.6 Å². The van der Waals surface area contributed by atoms with Gasteiger partial charge in [0.05, 0.1) is 45.2 Å². The van der Waals surface area contributed by atoms with Crippen molar-refractivity contribution in [3.05, 3.63) is 102 Å². The van der Waals surface area contributed by atoms with E-state index in [0.717, 1.165) is 16.3 Å². The van der Waals surface area contributed by atoms with Crippen LogP contribution in [0.3, 0.4) is 0 Å². The first-order chi connectivity index (χ1) is 23.7. The fourth-order valence-electron chi connectivity index (χ4n) is 4.58. The molecule has 4 aromatic carbocycles. The Morgan fingerprint density at radius 2 is 1.43 bits per heavy atom. The predicted molar refractivity (Wildman–Crippen MR) is 184 cm³/mol. The average molecular weight is 691 g/mol. The summed E-state index contributed by atoms with van der Waals surface area (Å²) in [4.78, 5) is 25.1. The van der Waals surface area contributed by atoms with Gasteiger partial charge in [-0.05, 0) is 66.1 Å². The number of benzene rings is 4. The largest absolute Gasteiger partial charge is 0.497 e. The molecule has 0 atom stereocenters. The van der Waals surface area contributed by atoms with Gasteiger partial charge in [-0.1, -0.05) is 30.3 Å². The maximum Gasteiger partial charge on any atom is 0.265 e. The topological polar surface area (TPSA) is 154 Å². The molecular weight excluding hydrogens is 652 g/mol. The molecule has 258 valence electrons. The Hall–Kier alpha value is -5.76. The monoisotopic (exact) mass is 690 g/mol. The van der Waals surface area contributed by atoms with Gasteiger partial charge in [0.15, 0.2) is 18.1 Å². The van der Waals surface area contributed by atoms with Gasteiger partial charge in [-0.2, -0.15) is 5.10 Å². The van der Waals surface area contributed by atoms with Crippen molar-refractivity contribution in [2.24, 2.45) is 5.10 Å². The highest BCUT2D eigenvalue weighted by Gasteiger charge is 2.31. The highest BCUT2D eigenvalue weighted by molar-refractivity contribution is 7.92. The molecule has 0 spiro atoms. The number of hydrazone groups is 1. The van der Waals surface area contributed by atoms with E-state index in [1.165, 1.54) is 65.0 Å². The third kappa shape index (κ3) is 9.87. The fourth-order valence-corrected chi connectivity index (χ4v) is 6.02. The number of rotatable bonds is 17. The summed E-state index contributed by atoms with van der Waals surface area (Å²) in [7, 11) is 1.27. The van der Waals surface area contributed by atoms with Gasteiger partial charge < -0.3 is 29.0 Å². The SMILES string of the molecule is COc1ccc(OC)c(N(CC(=O)N/N=C\c2ccc(OCC(=O)NCCc3ccccc3)cc2)S(=O)(=O)c2ccc(OC)c(OC)c2)c1. The second-order valence-electron chi connectivity index (χ2n) is 10.3. The molecule has 0 saturated carbocycles. The quantitative estimate of drug-likeness (QED) is 0.124. The van der Waals surface area contributed by atoms with E-state index in [1.807, 2.05) is 30.3 Å². The zero-order valence-corrected chi connectivity index (χ0v) is 28.4. The van der Waals surface area contributed by atoms with Gasteiger partial charge in [0, 0.05) is 18.7 Å². The normalized spacial score (nSPS) is 11.0. The van der Waals surface area contributed by atoms with Crippen LogP contribution in [0.1, 0.15) is 11.1 Å². The lowest BCUT2D eigenvalue weighted by Crippen LogP contribution is -2.39. The molecule has 0 saturated heterocycles. The summed E-state index contributed by atoms with van der Waals surface area (Å²) < 4.78 is 55.8. The van der Waals surface area contributed by atoms with Gasteiger partial charge in [0.2, 0.25) is 0 Å². The second-order valence-corrected chi connectivity index (χ2v) is 12.2. The van der Waals surface area contributed by atoms with Crippen molar-refractivity contribution in [1.82, 2.24) is 10.7 Å². The van der Waals surface area contributed by atoms with Crippen LogP contribution in [0.5, 0.6) is 28.7 Å². The van der Waals surface area contributed by atoms with Crippen molar-refractivity contribution in [3.8, 4) is 28.7 Å². The summed E-state index contributed by atoms with van der Waals surface area (Å²) in [6, 6.07) is 25.2. The highest BCUT2D eigenvalue weighted by Crippen LogP contribution is 2.37. The third-order valence-corrected chi connectivity index (χ3v) is 8.87. The minimum absolute atomic E-state index is 0.0660. The first kappa shape index (κ1) is 36.1. The number of carbonyl (C=O) groups is 2. The van der Waals surface area contributed by atoms with Crippen LogP contribution in [0.4, 0.5) is 5.69 Å². The minimum atomic E-state index is -4.37. The van der Waals surface area contributed by atoms with Gasteiger partial charge >= 0.3 is 0 Å². The van der Waals surface area contributed by atoms with E-state index in [2.05, 4.69) is 15.8 Å². The zero-order chi connectivity index (χ0) is 35.2. The number of amides is 2. The number of nitrogens with zero attached hydrogens (tertiary/aromatic N) is 2. The van der Waals surface area contributed by atoms with Gasteiger partial charge in [0.25, 0.3) is 21.8 Å². The summed E-state index contributed by atoms with van der Waals surface area (Å²) >= 11 is 0. The van der Waals surface area contributed by atoms with Crippen molar-refractivity contribution in [2.45, 2.75) is 11.3 Å². The molecule has 0 unspecified atom stereocenters. The lowest BCUT2D eigenvalue weighted by atomic mass is 10.1. The van der Waals surface area contributed by atoms with Crippen LogP contribution in [0.15, 0.2) is 101 Å². The Kier molecular flexibility index (Phi) is 12.8. The number of hydrogen-bond donors (Lipinski definition) is 2. The molecule has 2 N–H and O–H groups in total. The first-order valence-electron chi connectivity index (χ1n) is 15.0. The molecule has 49 heavy (non-hydrogen) atoms. The summed E-state index contributed by atoms with van der Waals surface area (Å²) in [5.74, 6) is 0.558. The number of hydrogen-bond acceptors (Lipinski definition) is 10. The van der Waals surface area contributed by atoms with Crippen LogP contribution >= 0.6 is 0 Å². The van der Waals surface area contributed by atoms with Crippen LogP contribution in [-0.2, 0) is 26.0 Å². The molecule has 13 nitrogen and oxygen atoms in total. The van der Waals surface area contributed by atoms with E-state index in [1.54, 1.807) is 30.3 Å². The van der Waals surface area contributed by atoms with E-state index in [4.69, 9.17) is 23.7 Å². The van der Waals surface area contributed by atoms with Crippen LogP contribution in [0.2, 0.25) is 0 Å². The Bertz CT molecular complexity index is 1850. The molecule has 14 heteroatoms. The third-order valence-electron chi connectivity index (χ3n) is 7.12. The fraction of sp³-hybridized carbons (Fsp3) is 0.229. The Morgan fingerprint density at radius 3 is 2.10 bits per heavy atom. The number of methoxy groups -OCH3 is 4. The molecule has 0 heterocycles. The molecule has 4 aromatic rings. The molecule has 4 rings (SSSR count). The summed E-state index contributed by atoms with van der Waals surface area (Å²) in [6.45, 7) is -0.295. The highest BCUT2D eigenvalue weighted by atomic mass is 32.2. The molecule has 2 amide bonds. The van der Waals surface area contributed by atoms with E-state index in [9.17, 15) is 18.0 Å². The maximum atomic E-state index is 14.0. The number of ether oxygens (including phenoxy) is 5. The van der Waals surface area contributed by atoms with E-state index in [0.29, 0.717) is 29.4 Å². The van der Waals surface area contributed by atoms with Crippen LogP contribution < -0.4 is 38.7 Å². The smallest absolute Gasteiger partial charge is 0.265 e. The molecule has 0 bridgehead atoms. The van der Waals surface area contributed by atoms with Gasteiger partial charge in [-0.3, -0.25) is 13.9 Å². The lowest BCUT2D eigenvalue weighted by Gasteiger charge is -2.26. The maximum absolute atomic E-state index is 14.0. The van der Waals surface area contributed by atoms with Gasteiger partial charge in [-0.25, -0.2) is 13.8 Å². The van der Waals surface area contributed by atoms with Crippen molar-refractivity contribution in [1.29, 1.82) is 0 Å². The van der Waals surface area contributed by atoms with Gasteiger partial charge in [0.1, 0.15) is 23.8 Å². The van der Waals surface area contributed by atoms with Crippen molar-refractivity contribution < 1.29 is 41.7 Å². The number of sulfonamides is 1. The summed E-state index contributed by atoms with van der Waals surface area (Å²) in [6.07, 6.45) is 2.11. The standard InChI is InChI=1S/C35H38N4O9S/c1-44-28-14-16-31(45-2)30(20-28)39(49(42,43)29-15-17-32(46-3)33(21-29)47-4)23-34(40)38-37-22-26-10-12-27(13-11-26)48-24-35(41)36-19-18-25-8-6-5-7-9-25/h5-17,20-22H,18-19,23-24H2,1-4H3,(H,36,41)(H,38,40)/b37-22-. The number of nitrogens with one attached hydrogen (secondary N) is 2. The molecule has 0 fully saturated rings. The zero-order valence-electron chi connectivity index (χ0n) is 27.5. The molecule has 0 aliphatic rings. The minimum Gasteiger partial charge on any atom is -0.497 e. The van der Waals surface area contributed by atoms with E-state index < -0.39 is 22.5 Å². The first-order valence-corrected chi connectivity index (χ1v) is 16.4. The Morgan fingerprint density at radius 1 is 0.755 bits per heavy atom. The Balaban J connectivity index is 1.41. The van der Waals surface area contributed by atoms with Crippen molar-refractivity contribution in [3.63, 3.8) is 0 Å². The van der Waals surface area contributed by atoms with Crippen LogP contribution in [0, 0.1) is 0 Å². The lowest BCUT2D eigenvalue weighted by molar-refractivity contribution is -0.123. The molecule has 0 aliphatic carbocycles. The summed E-state index contributed by atoms with van der Waals surface area (Å²) in [5, 5.41) is 6.81. The second kappa shape index (κ2) is 17.4. The molecular formula is C35H38N4O9S. The van der Waals surface area contributed by atoms with Crippen molar-refractivity contribution in [2.75, 3.05) is 52.4 Å². The Labute approximate surface area is 285 Å².